The third-order valence-electron chi connectivity index (χ3n) is 10.2. The Hall–Kier alpha value is -1.89. The van der Waals surface area contributed by atoms with Crippen molar-refractivity contribution in [3.8, 4) is 0 Å². The number of fused-ring (bicyclic) bond motifs is 4. The van der Waals surface area contributed by atoms with Crippen molar-refractivity contribution in [3.05, 3.63) is 11.6 Å². The Morgan fingerprint density at radius 1 is 1.16 bits per heavy atom. The first kappa shape index (κ1) is 19.8. The summed E-state index contributed by atoms with van der Waals surface area (Å²) in [5, 5.41) is 5.87. The molecule has 168 valence electrons. The third-order valence-corrected chi connectivity index (χ3v) is 10.2. The highest BCUT2D eigenvalue weighted by atomic mass is 16.6. The lowest BCUT2D eigenvalue weighted by Gasteiger charge is -2.58. The van der Waals surface area contributed by atoms with Crippen LogP contribution in [0.2, 0.25) is 0 Å². The van der Waals surface area contributed by atoms with E-state index in [0.29, 0.717) is 19.3 Å². The summed E-state index contributed by atoms with van der Waals surface area (Å²) in [5.74, 6) is 0.576. The lowest BCUT2D eigenvalue weighted by atomic mass is 9.45. The van der Waals surface area contributed by atoms with Crippen molar-refractivity contribution in [2.24, 2.45) is 22.7 Å². The molecule has 3 saturated carbocycles. The van der Waals surface area contributed by atoms with E-state index in [4.69, 9.17) is 9.47 Å². The molecule has 8 atom stereocenters. The van der Waals surface area contributed by atoms with Crippen LogP contribution < -0.4 is 10.6 Å². The largest absolute Gasteiger partial charge is 0.458 e. The Morgan fingerprint density at radius 3 is 2.68 bits per heavy atom. The molecule has 0 bridgehead atoms. The van der Waals surface area contributed by atoms with Crippen LogP contribution in [0.1, 0.15) is 65.2 Å². The van der Waals surface area contributed by atoms with Crippen LogP contribution in [0.5, 0.6) is 0 Å². The lowest BCUT2D eigenvalue weighted by Crippen LogP contribution is -2.65. The molecule has 2 N–H and O–H groups in total. The van der Waals surface area contributed by atoms with E-state index < -0.39 is 5.60 Å². The van der Waals surface area contributed by atoms with Crippen molar-refractivity contribution in [2.75, 3.05) is 7.05 Å². The van der Waals surface area contributed by atoms with Gasteiger partial charge in [-0.1, -0.05) is 25.5 Å². The van der Waals surface area contributed by atoms with Gasteiger partial charge in [0.05, 0.1) is 12.1 Å². The number of Topliss-reactive ketones (excluding diaryl/α,β-unsaturated/α-hetero) is 1. The van der Waals surface area contributed by atoms with Crippen molar-refractivity contribution in [2.45, 2.75) is 88.6 Å². The van der Waals surface area contributed by atoms with Gasteiger partial charge in [0.1, 0.15) is 17.0 Å². The number of hydrogen-bond acceptors (Lipinski definition) is 5. The number of rotatable bonds is 1. The molecule has 7 heteroatoms. The predicted molar refractivity (Wildman–Crippen MR) is 111 cm³/mol. The maximum atomic E-state index is 12.4. The fraction of sp³-hybridized carbons (Fsp3) is 0.792. The van der Waals surface area contributed by atoms with Crippen LogP contribution in [-0.2, 0) is 19.1 Å². The molecule has 31 heavy (non-hydrogen) atoms. The van der Waals surface area contributed by atoms with Crippen LogP contribution in [0.3, 0.4) is 0 Å². The van der Waals surface area contributed by atoms with Crippen LogP contribution in [0.15, 0.2) is 11.6 Å². The zero-order chi connectivity index (χ0) is 21.8. The van der Waals surface area contributed by atoms with E-state index in [-0.39, 0.29) is 58.2 Å². The quantitative estimate of drug-likeness (QED) is 0.380. The van der Waals surface area contributed by atoms with Crippen molar-refractivity contribution in [3.63, 3.8) is 0 Å². The Kier molecular flexibility index (Phi) is 3.77. The number of ether oxygens (including phenoxy) is 2. The first-order chi connectivity index (χ1) is 14.7. The number of epoxide rings is 1. The average Bonchev–Trinajstić information content (AvgIpc) is 3.21. The fourth-order valence-electron chi connectivity index (χ4n) is 8.60. The first-order valence-electron chi connectivity index (χ1n) is 11.8. The predicted octanol–water partition coefficient (Wildman–Crippen LogP) is 2.63. The minimum Gasteiger partial charge on any atom is -0.458 e. The molecule has 0 radical (unpaired) electrons. The van der Waals surface area contributed by atoms with E-state index in [1.54, 1.807) is 7.05 Å². The number of amides is 2. The molecule has 4 aliphatic carbocycles. The Bertz CT molecular complexity index is 931. The van der Waals surface area contributed by atoms with Gasteiger partial charge in [0.25, 0.3) is 0 Å². The Morgan fingerprint density at radius 2 is 1.97 bits per heavy atom. The molecular formula is C24H32N2O5. The van der Waals surface area contributed by atoms with Crippen molar-refractivity contribution >= 4 is 17.8 Å². The summed E-state index contributed by atoms with van der Waals surface area (Å²) in [7, 11) is 1.62. The minimum absolute atomic E-state index is 0.0731. The Balaban J connectivity index is 1.47. The number of urea groups is 1. The molecule has 2 amide bonds. The van der Waals surface area contributed by atoms with Gasteiger partial charge in [0, 0.05) is 43.1 Å². The average molecular weight is 429 g/mol. The summed E-state index contributed by atoms with van der Waals surface area (Å²) in [6.45, 7) is 4.56. The highest BCUT2D eigenvalue weighted by Crippen LogP contribution is 2.77. The second-order valence-corrected chi connectivity index (χ2v) is 11.1. The van der Waals surface area contributed by atoms with E-state index in [0.717, 1.165) is 37.7 Å². The maximum absolute atomic E-state index is 12.4. The number of carbonyl (C=O) groups excluding carboxylic acids is 3. The van der Waals surface area contributed by atoms with E-state index in [2.05, 4.69) is 30.6 Å². The van der Waals surface area contributed by atoms with Gasteiger partial charge in [-0.2, -0.15) is 0 Å². The molecule has 0 aromatic rings. The van der Waals surface area contributed by atoms with Crippen molar-refractivity contribution < 1.29 is 23.9 Å². The van der Waals surface area contributed by atoms with E-state index in [9.17, 15) is 14.4 Å². The molecule has 6 rings (SSSR count). The first-order valence-corrected chi connectivity index (χ1v) is 11.8. The summed E-state index contributed by atoms with van der Waals surface area (Å²) >= 11 is 0. The van der Waals surface area contributed by atoms with Gasteiger partial charge in [0.15, 0.2) is 0 Å². The smallest absolute Gasteiger partial charge is 0.315 e. The van der Waals surface area contributed by atoms with Crippen molar-refractivity contribution in [1.82, 2.24) is 10.6 Å². The summed E-state index contributed by atoms with van der Waals surface area (Å²) in [6, 6.07) is -0.414. The fourth-order valence-corrected chi connectivity index (χ4v) is 8.60. The molecule has 2 unspecified atom stereocenters. The number of nitrogens with one attached hydrogen (secondary N) is 2. The monoisotopic (exact) mass is 428 g/mol. The van der Waals surface area contributed by atoms with Crippen LogP contribution in [0.25, 0.3) is 0 Å². The molecule has 6 aliphatic rings. The Labute approximate surface area is 182 Å². The third kappa shape index (κ3) is 2.21. The zero-order valence-corrected chi connectivity index (χ0v) is 18.6. The van der Waals surface area contributed by atoms with Gasteiger partial charge in [-0.3, -0.25) is 9.59 Å². The highest BCUT2D eigenvalue weighted by molar-refractivity contribution is 5.83. The summed E-state index contributed by atoms with van der Waals surface area (Å²) in [6.07, 6.45) is 8.10. The van der Waals surface area contributed by atoms with Gasteiger partial charge in [0.2, 0.25) is 0 Å². The number of hydrogen-bond donors (Lipinski definition) is 2. The molecule has 0 aromatic heterocycles. The van der Waals surface area contributed by atoms with Gasteiger partial charge in [-0.05, 0) is 38.0 Å². The summed E-state index contributed by atoms with van der Waals surface area (Å²) in [4.78, 5) is 36.9. The summed E-state index contributed by atoms with van der Waals surface area (Å²) < 4.78 is 12.7. The van der Waals surface area contributed by atoms with E-state index >= 15 is 0 Å². The number of carbonyl (C=O) groups is 3. The SMILES string of the molecule is CNC(=O)N[C@@H]1C=C2CC(=O)CC[C@]2(C)[C@@]23O[C@@H]2C[C@@]2(C)C(CC[C@@]24CCC(=O)O4)C13. The van der Waals surface area contributed by atoms with Gasteiger partial charge >= 0.3 is 12.0 Å². The summed E-state index contributed by atoms with van der Waals surface area (Å²) in [5.41, 5.74) is 0.0382. The number of esters is 1. The molecule has 2 heterocycles. The lowest BCUT2D eigenvalue weighted by molar-refractivity contribution is -0.164. The molecule has 2 spiro atoms. The molecular weight excluding hydrogens is 396 g/mol. The molecule has 2 saturated heterocycles. The van der Waals surface area contributed by atoms with Crippen LogP contribution >= 0.6 is 0 Å². The van der Waals surface area contributed by atoms with Crippen LogP contribution in [-0.4, -0.2) is 48.2 Å². The van der Waals surface area contributed by atoms with E-state index in [1.807, 2.05) is 0 Å². The zero-order valence-electron chi connectivity index (χ0n) is 18.6. The van der Waals surface area contributed by atoms with E-state index in [1.165, 1.54) is 0 Å². The molecule has 7 nitrogen and oxygen atoms in total. The van der Waals surface area contributed by atoms with Crippen molar-refractivity contribution in [1.29, 1.82) is 0 Å². The van der Waals surface area contributed by atoms with Gasteiger partial charge in [-0.25, -0.2) is 4.79 Å². The molecule has 0 aromatic carbocycles. The van der Waals surface area contributed by atoms with Gasteiger partial charge < -0.3 is 20.1 Å². The van der Waals surface area contributed by atoms with Gasteiger partial charge in [-0.15, -0.1) is 0 Å². The second-order valence-electron chi connectivity index (χ2n) is 11.1. The molecule has 2 aliphatic heterocycles. The normalized spacial score (nSPS) is 51.8. The second kappa shape index (κ2) is 5.91. The maximum Gasteiger partial charge on any atom is 0.315 e. The van der Waals surface area contributed by atoms with Crippen LogP contribution in [0.4, 0.5) is 4.79 Å². The number of ketones is 1. The molecule has 5 fully saturated rings. The topological polar surface area (TPSA) is 97.0 Å². The highest BCUT2D eigenvalue weighted by Gasteiger charge is 2.82. The minimum atomic E-state index is -0.405. The van der Waals surface area contributed by atoms with Crippen LogP contribution in [0, 0.1) is 22.7 Å². The standard InChI is InChI=1S/C24H32N2O5/c1-21-7-4-14(27)10-13(21)11-16(26-20(29)25-3)19-15-5-8-23(9-6-18(28)31-23)22(15,2)12-17-24(19,21)30-17/h11,15-17,19H,4-10,12H2,1-3H3,(H2,25,26,29)/t15?,16-,17-,19?,21+,22+,23-,24-/m1/s1.